The van der Waals surface area contributed by atoms with Crippen LogP contribution in [0.1, 0.15) is 0 Å². The minimum Gasteiger partial charge on any atom is -0.748 e. The van der Waals surface area contributed by atoms with Crippen molar-refractivity contribution >= 4 is 5.69 Å². The summed E-state index contributed by atoms with van der Waals surface area (Å²) in [4.78, 5) is 10.0. The van der Waals surface area contributed by atoms with Crippen LogP contribution in [0.4, 0.5) is 5.69 Å². The van der Waals surface area contributed by atoms with Gasteiger partial charge in [0.15, 0.2) is 0 Å². The van der Waals surface area contributed by atoms with Crippen LogP contribution in [-0.4, -0.2) is 4.92 Å². The van der Waals surface area contributed by atoms with Crippen LogP contribution in [0.3, 0.4) is 0 Å². The van der Waals surface area contributed by atoms with Gasteiger partial charge in [0, 0.05) is 16.5 Å². The van der Waals surface area contributed by atoms with E-state index in [-0.39, 0.29) is 22.2 Å². The van der Waals surface area contributed by atoms with E-state index in [1.807, 2.05) is 54.6 Å². The molecule has 0 N–H and O–H groups in total. The third-order valence-corrected chi connectivity index (χ3v) is 2.63. The van der Waals surface area contributed by atoms with Crippen molar-refractivity contribution in [3.05, 3.63) is 89.0 Å². The van der Waals surface area contributed by atoms with E-state index in [1.165, 1.54) is 12.1 Å². The maximum Gasteiger partial charge on any atom is 0.254 e. The van der Waals surface area contributed by atoms with Gasteiger partial charge in [0.1, 0.15) is 0 Å². The van der Waals surface area contributed by atoms with E-state index in [2.05, 4.69) is 0 Å². The van der Waals surface area contributed by atoms with Crippen molar-refractivity contribution < 1.29 is 21.4 Å². The second kappa shape index (κ2) is 8.08. The summed E-state index contributed by atoms with van der Waals surface area (Å²) in [5.74, 6) is 0. The fourth-order valence-electron chi connectivity index (χ4n) is 1.66. The minimum absolute atomic E-state index is 0. The number of nitro benzene ring substituents is 1. The number of nitrogens with zero attached hydrogens (tertiary/aromatic N) is 1. The van der Waals surface area contributed by atoms with Gasteiger partial charge in [-0.05, 0) is 12.1 Å². The number of hydrogen-bond donors (Lipinski definition) is 0. The Labute approximate surface area is 127 Å². The second-order valence-corrected chi connectivity index (χ2v) is 3.94. The molecule has 3 nitrogen and oxygen atoms in total. The Morgan fingerprint density at radius 3 is 1.75 bits per heavy atom. The molecule has 0 aliphatic heterocycles. The fourth-order valence-corrected chi connectivity index (χ4v) is 1.66. The van der Waals surface area contributed by atoms with E-state index < -0.39 is 4.92 Å². The predicted octanol–water partition coefficient (Wildman–Crippen LogP) is 4.38. The van der Waals surface area contributed by atoms with Crippen molar-refractivity contribution in [3.63, 3.8) is 0 Å². The Kier molecular flexibility index (Phi) is 6.41. The molecule has 3 aromatic carbocycles. The third-order valence-electron chi connectivity index (χ3n) is 2.63. The minimum atomic E-state index is -0.394. The molecule has 0 spiro atoms. The van der Waals surface area contributed by atoms with E-state index >= 15 is 0 Å². The molecule has 0 atom stereocenters. The SMILES string of the molecule is O=[N+]([O-])c1ccc(-[c-]2cccc2)cc1.[Ni].[cH-]1[cH-][cH-][cH-][cH-]1. The zero-order valence-electron chi connectivity index (χ0n) is 10.6. The molecule has 0 saturated heterocycles. The number of hydrogen-bond acceptors (Lipinski definition) is 2. The quantitative estimate of drug-likeness (QED) is 0.305. The number of nitro groups is 1. The van der Waals surface area contributed by atoms with E-state index in [1.54, 1.807) is 12.1 Å². The summed E-state index contributed by atoms with van der Waals surface area (Å²) < 4.78 is 0. The smallest absolute Gasteiger partial charge is 0.254 e. The normalized spacial score (nSPS) is 9.00. The molecule has 3 rings (SSSR count). The molecule has 0 fully saturated rings. The Hall–Kier alpha value is -2.19. The van der Waals surface area contributed by atoms with Crippen molar-refractivity contribution in [2.75, 3.05) is 0 Å². The van der Waals surface area contributed by atoms with Gasteiger partial charge in [-0.3, -0.25) is 10.1 Å². The molecule has 20 heavy (non-hydrogen) atoms. The maximum absolute atomic E-state index is 10.4. The van der Waals surface area contributed by atoms with Crippen LogP contribution in [0.25, 0.3) is 11.1 Å². The van der Waals surface area contributed by atoms with Crippen molar-refractivity contribution in [3.8, 4) is 11.1 Å². The first-order chi connectivity index (χ1) is 9.27. The monoisotopic (exact) mass is 309 g/mol. The molecule has 0 aliphatic carbocycles. The molecule has 0 radical (unpaired) electrons. The van der Waals surface area contributed by atoms with Crippen LogP contribution in [-0.2, 0) is 16.5 Å². The molecule has 0 heterocycles. The second-order valence-electron chi connectivity index (χ2n) is 3.94. The summed E-state index contributed by atoms with van der Waals surface area (Å²) in [7, 11) is 0. The molecule has 0 aromatic heterocycles. The summed E-state index contributed by atoms with van der Waals surface area (Å²) in [6.07, 6.45) is 0. The van der Waals surface area contributed by atoms with E-state index in [9.17, 15) is 10.1 Å². The van der Waals surface area contributed by atoms with Gasteiger partial charge < -0.3 is 30.3 Å². The Morgan fingerprint density at radius 2 is 1.35 bits per heavy atom. The average Bonchev–Trinajstić information content (AvgIpc) is 3.15. The molecule has 0 saturated carbocycles. The van der Waals surface area contributed by atoms with Crippen molar-refractivity contribution in [1.29, 1.82) is 0 Å². The summed E-state index contributed by atoms with van der Waals surface area (Å²) in [5, 5.41) is 10.4. The Balaban J connectivity index is 0.000000283. The molecule has 0 unspecified atom stereocenters. The van der Waals surface area contributed by atoms with Gasteiger partial charge in [-0.15, -0.1) is 29.8 Å². The maximum atomic E-state index is 10.4. The molecule has 4 heteroatoms. The van der Waals surface area contributed by atoms with E-state index in [0.717, 1.165) is 11.1 Å². The number of rotatable bonds is 2. The number of benzene rings is 1. The van der Waals surface area contributed by atoms with Crippen LogP contribution in [0.5, 0.6) is 0 Å². The molecule has 0 aliphatic rings. The van der Waals surface area contributed by atoms with Gasteiger partial charge in [-0.2, -0.15) is 12.1 Å². The van der Waals surface area contributed by atoms with Gasteiger partial charge in [0.2, 0.25) is 0 Å². The molecule has 0 bridgehead atoms. The first-order valence-corrected chi connectivity index (χ1v) is 5.90. The van der Waals surface area contributed by atoms with E-state index in [0.29, 0.717) is 0 Å². The standard InChI is InChI=1S/C11H8NO2.C5H5.Ni/c13-12(14)11-7-5-10(6-8-11)9-3-1-2-4-9;1-2-4-5-3-1;/h1-8H;1-5H;/q-1;-5;. The Bertz CT molecular complexity index is 581. The topological polar surface area (TPSA) is 43.1 Å². The van der Waals surface area contributed by atoms with Crippen molar-refractivity contribution in [2.24, 2.45) is 0 Å². The van der Waals surface area contributed by atoms with Crippen molar-refractivity contribution in [2.45, 2.75) is 0 Å². The van der Waals surface area contributed by atoms with Crippen LogP contribution in [0, 0.1) is 10.1 Å². The van der Waals surface area contributed by atoms with Gasteiger partial charge in [-0.25, -0.2) is 0 Å². The first kappa shape index (κ1) is 15.9. The zero-order chi connectivity index (χ0) is 13.5. The van der Waals surface area contributed by atoms with Gasteiger partial charge >= 0.3 is 0 Å². The fraction of sp³-hybridized carbons (Fsp3) is 0. The number of non-ortho nitro benzene ring substituents is 1. The summed E-state index contributed by atoms with van der Waals surface area (Å²) in [6, 6.07) is 24.4. The van der Waals surface area contributed by atoms with Gasteiger partial charge in [-0.1, -0.05) is 5.56 Å². The predicted molar refractivity (Wildman–Crippen MR) is 76.2 cm³/mol. The van der Waals surface area contributed by atoms with Gasteiger partial charge in [0.25, 0.3) is 5.69 Å². The summed E-state index contributed by atoms with van der Waals surface area (Å²) in [6.45, 7) is 0. The van der Waals surface area contributed by atoms with Crippen molar-refractivity contribution in [1.82, 2.24) is 0 Å². The molecule has 110 valence electrons. The average molecular weight is 310 g/mol. The Morgan fingerprint density at radius 1 is 0.900 bits per heavy atom. The van der Waals surface area contributed by atoms with Gasteiger partial charge in [0.05, 0.1) is 4.92 Å². The van der Waals surface area contributed by atoms with Crippen LogP contribution < -0.4 is 0 Å². The largest absolute Gasteiger partial charge is 0.748 e. The summed E-state index contributed by atoms with van der Waals surface area (Å²) in [5.41, 5.74) is 2.21. The molecular weight excluding hydrogens is 297 g/mol. The first-order valence-electron chi connectivity index (χ1n) is 5.90. The van der Waals surface area contributed by atoms with Crippen LogP contribution in [0.2, 0.25) is 0 Å². The molecular formula is C16H13NNiO2-6. The summed E-state index contributed by atoms with van der Waals surface area (Å²) >= 11 is 0. The van der Waals surface area contributed by atoms with E-state index in [4.69, 9.17) is 0 Å². The third kappa shape index (κ3) is 4.49. The van der Waals surface area contributed by atoms with Crippen LogP contribution >= 0.6 is 0 Å². The van der Waals surface area contributed by atoms with Crippen LogP contribution in [0.15, 0.2) is 78.9 Å². The molecule has 0 amide bonds. The molecule has 3 aromatic rings. The zero-order valence-corrected chi connectivity index (χ0v) is 11.6.